The van der Waals surface area contributed by atoms with E-state index in [4.69, 9.17) is 0 Å². The van der Waals surface area contributed by atoms with E-state index in [1.807, 2.05) is 54.6 Å². The summed E-state index contributed by atoms with van der Waals surface area (Å²) in [6, 6.07) is 102. The monoisotopic (exact) mass is 1180 g/mol. The van der Waals surface area contributed by atoms with E-state index in [1.165, 1.54) is 109 Å². The van der Waals surface area contributed by atoms with Crippen LogP contribution in [0.2, 0.25) is 0 Å². The van der Waals surface area contributed by atoms with Gasteiger partial charge in [-0.2, -0.15) is 0 Å². The molecule has 0 aliphatic carbocycles. The minimum atomic E-state index is -1.37. The second kappa shape index (κ2) is 35.7. The van der Waals surface area contributed by atoms with Gasteiger partial charge in [0.25, 0.3) is 0 Å². The van der Waals surface area contributed by atoms with Crippen LogP contribution in [-0.4, -0.2) is 0 Å². The largest absolute Gasteiger partial charge is 0.204 e. The highest BCUT2D eigenvalue weighted by Crippen LogP contribution is 2.24. The Hall–Kier alpha value is -9.90. The zero-order chi connectivity index (χ0) is 64.1. The van der Waals surface area contributed by atoms with Crippen molar-refractivity contribution >= 4 is 53.9 Å². The van der Waals surface area contributed by atoms with Crippen molar-refractivity contribution in [2.45, 2.75) is 76.2 Å². The normalized spacial score (nSPS) is 9.97. The molecule has 0 radical (unpaired) electrons. The molecule has 0 saturated heterocycles. The van der Waals surface area contributed by atoms with E-state index in [0.717, 1.165) is 6.92 Å². The molecular formula is C85H82F4. The zero-order valence-corrected chi connectivity index (χ0v) is 53.3. The number of aryl methyl sites for hydroxylation is 10. The average molecular weight is 1180 g/mol. The lowest BCUT2D eigenvalue weighted by Gasteiger charge is -2.02. The van der Waals surface area contributed by atoms with Crippen molar-refractivity contribution < 1.29 is 17.6 Å². The van der Waals surface area contributed by atoms with Gasteiger partial charge in [0.05, 0.1) is 0 Å². The van der Waals surface area contributed by atoms with Crippen molar-refractivity contribution in [1.29, 1.82) is 0 Å². The molecule has 14 aromatic rings. The molecule has 0 atom stereocenters. The van der Waals surface area contributed by atoms with E-state index in [2.05, 4.69) is 306 Å². The van der Waals surface area contributed by atoms with Crippen LogP contribution in [0.15, 0.2) is 297 Å². The van der Waals surface area contributed by atoms with E-state index in [1.54, 1.807) is 0 Å². The van der Waals surface area contributed by atoms with E-state index < -0.39 is 28.8 Å². The second-order valence-corrected chi connectivity index (χ2v) is 22.1. The summed E-state index contributed by atoms with van der Waals surface area (Å²) in [5.74, 6) is -5.43. The molecule has 0 heterocycles. The SMILES string of the molecule is Cc1c(F)c(F)cc(F)c1F.Cc1ccc(C)c(C)c1.Cc1ccc2cc3ccccc3cc2c1.Cc1ccc2ccccc2c1.Cc1cccc2ccccc12.Cc1cccc2ccccc12.Cc1ccccc1.Cc1ccccc1.Cc1ccccc1. The lowest BCUT2D eigenvalue weighted by molar-refractivity contribution is 0.445. The molecule has 0 saturated carbocycles. The molecule has 89 heavy (non-hydrogen) atoms. The van der Waals surface area contributed by atoms with Gasteiger partial charge >= 0.3 is 0 Å². The Morgan fingerprint density at radius 2 is 0.483 bits per heavy atom. The Labute approximate surface area is 526 Å². The smallest absolute Gasteiger partial charge is 0.164 e. The molecule has 0 aliphatic rings. The van der Waals surface area contributed by atoms with Crippen LogP contribution >= 0.6 is 0 Å². The highest BCUT2D eigenvalue weighted by Gasteiger charge is 2.14. The Kier molecular flexibility index (Phi) is 27.3. The summed E-state index contributed by atoms with van der Waals surface area (Å²) in [4.78, 5) is 0. The summed E-state index contributed by atoms with van der Waals surface area (Å²) in [6.07, 6.45) is 0. The van der Waals surface area contributed by atoms with Crippen molar-refractivity contribution in [3.8, 4) is 0 Å². The van der Waals surface area contributed by atoms with Gasteiger partial charge < -0.3 is 0 Å². The molecule has 0 spiro atoms. The molecule has 14 rings (SSSR count). The predicted octanol–water partition coefficient (Wildman–Crippen LogP) is 24.9. The first-order valence-corrected chi connectivity index (χ1v) is 30.0. The van der Waals surface area contributed by atoms with Gasteiger partial charge in [0.2, 0.25) is 0 Å². The van der Waals surface area contributed by atoms with Gasteiger partial charge in [-0.25, -0.2) is 17.6 Å². The lowest BCUT2D eigenvalue weighted by Crippen LogP contribution is -1.97. The molecule has 0 aromatic heterocycles. The summed E-state index contributed by atoms with van der Waals surface area (Å²) in [5.41, 5.74) is 12.8. The molecule has 0 aliphatic heterocycles. The Morgan fingerprint density at radius 3 is 0.865 bits per heavy atom. The molecule has 4 heteroatoms. The van der Waals surface area contributed by atoms with E-state index >= 15 is 0 Å². The highest BCUT2D eigenvalue weighted by atomic mass is 19.2. The minimum Gasteiger partial charge on any atom is -0.204 e. The van der Waals surface area contributed by atoms with Crippen LogP contribution in [0.4, 0.5) is 17.6 Å². The van der Waals surface area contributed by atoms with Crippen molar-refractivity contribution in [2.75, 3.05) is 0 Å². The van der Waals surface area contributed by atoms with Gasteiger partial charge in [-0.1, -0.05) is 312 Å². The predicted molar refractivity (Wildman–Crippen MR) is 377 cm³/mol. The quantitative estimate of drug-likeness (QED) is 0.0806. The maximum Gasteiger partial charge on any atom is 0.164 e. The molecule has 0 nitrogen and oxygen atoms in total. The maximum atomic E-state index is 12.4. The first-order chi connectivity index (χ1) is 42.9. The van der Waals surface area contributed by atoms with Crippen molar-refractivity contribution in [3.05, 3.63) is 382 Å². The summed E-state index contributed by atoms with van der Waals surface area (Å²) in [6.45, 7) is 22.1. The second-order valence-electron chi connectivity index (χ2n) is 22.1. The first kappa shape index (κ1) is 68.2. The van der Waals surface area contributed by atoms with Gasteiger partial charge in [0, 0.05) is 11.6 Å². The maximum absolute atomic E-state index is 12.4. The summed E-state index contributed by atoms with van der Waals surface area (Å²) < 4.78 is 49.3. The number of fused-ring (bicyclic) bond motifs is 5. The molecule has 0 N–H and O–H groups in total. The van der Waals surface area contributed by atoms with Crippen molar-refractivity contribution in [3.63, 3.8) is 0 Å². The average Bonchev–Trinajstić information content (AvgIpc) is 2.70. The van der Waals surface area contributed by atoms with Gasteiger partial charge in [0.1, 0.15) is 0 Å². The van der Waals surface area contributed by atoms with E-state index in [-0.39, 0.29) is 6.07 Å². The number of hydrogen-bond donors (Lipinski definition) is 0. The van der Waals surface area contributed by atoms with E-state index in [9.17, 15) is 17.6 Å². The highest BCUT2D eigenvalue weighted by molar-refractivity contribution is 5.98. The molecule has 0 unspecified atom stereocenters. The van der Waals surface area contributed by atoms with Crippen LogP contribution in [0.25, 0.3) is 53.9 Å². The Bertz CT molecular complexity index is 4210. The molecule has 450 valence electrons. The van der Waals surface area contributed by atoms with E-state index in [0.29, 0.717) is 0 Å². The fourth-order valence-corrected chi connectivity index (χ4v) is 9.33. The van der Waals surface area contributed by atoms with Crippen LogP contribution in [0, 0.1) is 99.4 Å². The minimum absolute atomic E-state index is 0.178. The number of halogens is 4. The van der Waals surface area contributed by atoms with Crippen LogP contribution in [0.5, 0.6) is 0 Å². The topological polar surface area (TPSA) is 0 Å². The summed E-state index contributed by atoms with van der Waals surface area (Å²) in [5, 5.41) is 13.3. The lowest BCUT2D eigenvalue weighted by atomic mass is 10.0. The van der Waals surface area contributed by atoms with Gasteiger partial charge in [0.15, 0.2) is 23.3 Å². The zero-order valence-electron chi connectivity index (χ0n) is 53.3. The van der Waals surface area contributed by atoms with Gasteiger partial charge in [-0.3, -0.25) is 0 Å². The fourth-order valence-electron chi connectivity index (χ4n) is 9.33. The summed E-state index contributed by atoms with van der Waals surface area (Å²) >= 11 is 0. The molecular weight excluding hydrogens is 1100 g/mol. The van der Waals surface area contributed by atoms with Crippen LogP contribution in [0.1, 0.15) is 61.2 Å². The molecule has 0 amide bonds. The first-order valence-electron chi connectivity index (χ1n) is 30.0. The third-order valence-corrected chi connectivity index (χ3v) is 14.6. The molecule has 14 aromatic carbocycles. The number of benzene rings is 14. The standard InChI is InChI=1S/C15H12.3C11H10.C9H12.C7H4F4.3C7H8/c1-11-6-7-14-9-12-4-2-3-5-13(12)10-15(14)8-11;2*1-9-5-4-7-10-6-2-3-8-11(9)10;1-9-6-7-10-4-2-3-5-11(10)8-9;1-7-4-5-8(2)9(3)6-7;1-3-6(10)4(8)2-5(9)7(3)11;3*1-7-5-3-2-4-6-7/h2-10H,1H3;3*2-8H,1H3;4-6H,1-3H3;2H,1H3;3*2-6H,1H3. The number of hydrogen-bond acceptors (Lipinski definition) is 0. The van der Waals surface area contributed by atoms with Crippen LogP contribution in [-0.2, 0) is 0 Å². The Balaban J connectivity index is 0.000000161. The molecule has 0 fully saturated rings. The third kappa shape index (κ3) is 22.7. The molecule has 0 bridgehead atoms. The van der Waals surface area contributed by atoms with Gasteiger partial charge in [-0.15, -0.1) is 0 Å². The van der Waals surface area contributed by atoms with Gasteiger partial charge in [-0.05, 0) is 164 Å². The third-order valence-electron chi connectivity index (χ3n) is 14.6. The summed E-state index contributed by atoms with van der Waals surface area (Å²) in [7, 11) is 0. The Morgan fingerprint density at radius 1 is 0.180 bits per heavy atom. The van der Waals surface area contributed by atoms with Crippen molar-refractivity contribution in [2.24, 2.45) is 0 Å². The number of rotatable bonds is 0. The van der Waals surface area contributed by atoms with Crippen molar-refractivity contribution in [1.82, 2.24) is 0 Å². The van der Waals surface area contributed by atoms with Crippen LogP contribution < -0.4 is 0 Å². The fraction of sp³-hybridized carbons (Fsp3) is 0.129. The van der Waals surface area contributed by atoms with Crippen LogP contribution in [0.3, 0.4) is 0 Å².